The van der Waals surface area contributed by atoms with Gasteiger partial charge in [0.1, 0.15) is 5.60 Å². The molecule has 1 atom stereocenters. The Balaban J connectivity index is 2.52. The van der Waals surface area contributed by atoms with Crippen molar-refractivity contribution in [1.29, 1.82) is 0 Å². The lowest BCUT2D eigenvalue weighted by atomic mass is 9.72. The Kier molecular flexibility index (Phi) is 6.51. The maximum absolute atomic E-state index is 12.7. The first kappa shape index (κ1) is 23.0. The summed E-state index contributed by atoms with van der Waals surface area (Å²) in [6, 6.07) is 8.32. The van der Waals surface area contributed by atoms with Crippen molar-refractivity contribution in [3.05, 3.63) is 47.2 Å². The molecule has 1 aliphatic carbocycles. The summed E-state index contributed by atoms with van der Waals surface area (Å²) in [5.41, 5.74) is 1.63. The molecule has 5 nitrogen and oxygen atoms in total. The number of carbonyl (C=O) groups excluding carboxylic acids is 2. The summed E-state index contributed by atoms with van der Waals surface area (Å²) >= 11 is 0. The quantitative estimate of drug-likeness (QED) is 0.733. The molecule has 0 radical (unpaired) electrons. The fourth-order valence-electron chi connectivity index (χ4n) is 3.64. The molecule has 1 N–H and O–H groups in total. The van der Waals surface area contributed by atoms with Crippen molar-refractivity contribution >= 4 is 11.9 Å². The molecular weight excluding hydrogens is 364 g/mol. The fourth-order valence-corrected chi connectivity index (χ4v) is 3.64. The maximum atomic E-state index is 12.7. The molecule has 29 heavy (non-hydrogen) atoms. The molecule has 0 spiro atoms. The molecule has 0 aromatic heterocycles. The molecule has 1 fully saturated rings. The van der Waals surface area contributed by atoms with E-state index in [2.05, 4.69) is 38.2 Å². The van der Waals surface area contributed by atoms with Crippen LogP contribution >= 0.6 is 0 Å². The van der Waals surface area contributed by atoms with E-state index in [4.69, 9.17) is 4.74 Å². The van der Waals surface area contributed by atoms with Gasteiger partial charge in [-0.2, -0.15) is 0 Å². The van der Waals surface area contributed by atoms with Gasteiger partial charge in [-0.05, 0) is 43.7 Å². The molecule has 160 valence electrons. The normalized spacial score (nSPS) is 21.8. The number of nitrogens with one attached hydrogen (secondary N) is 1. The van der Waals surface area contributed by atoms with Crippen molar-refractivity contribution in [2.45, 2.75) is 77.4 Å². The molecular formula is C24H36N2O3. The molecule has 5 heteroatoms. The van der Waals surface area contributed by atoms with E-state index in [-0.39, 0.29) is 11.2 Å². The van der Waals surface area contributed by atoms with E-state index in [1.807, 2.05) is 58.1 Å². The Labute approximate surface area is 175 Å². The van der Waals surface area contributed by atoms with E-state index in [0.717, 1.165) is 11.1 Å². The predicted molar refractivity (Wildman–Crippen MR) is 117 cm³/mol. The molecule has 1 amide bonds. The zero-order valence-electron chi connectivity index (χ0n) is 19.2. The van der Waals surface area contributed by atoms with Gasteiger partial charge >= 0.3 is 6.09 Å². The molecule has 2 rings (SSSR count). The molecule has 1 unspecified atom stereocenters. The van der Waals surface area contributed by atoms with Crippen LogP contribution in [-0.2, 0) is 20.5 Å². The van der Waals surface area contributed by atoms with Crippen molar-refractivity contribution in [3.8, 4) is 0 Å². The van der Waals surface area contributed by atoms with E-state index in [1.165, 1.54) is 5.56 Å². The van der Waals surface area contributed by atoms with E-state index >= 15 is 0 Å². The second kappa shape index (κ2) is 8.21. The highest BCUT2D eigenvalue weighted by atomic mass is 16.6. The minimum atomic E-state index is -0.681. The molecule has 1 aliphatic rings. The first-order valence-electron chi connectivity index (χ1n) is 10.2. The third-order valence-corrected chi connectivity index (χ3v) is 5.06. The second-order valence-electron chi connectivity index (χ2n) is 10.3. The fraction of sp³-hybridized carbons (Fsp3) is 0.583. The first-order valence-corrected chi connectivity index (χ1v) is 10.2. The van der Waals surface area contributed by atoms with Crippen LogP contribution in [0.15, 0.2) is 36.0 Å². The average molecular weight is 401 g/mol. The zero-order chi connectivity index (χ0) is 22.0. The van der Waals surface area contributed by atoms with Gasteiger partial charge in [-0.15, -0.1) is 0 Å². The first-order chi connectivity index (χ1) is 13.2. The van der Waals surface area contributed by atoms with Crippen LogP contribution in [0.4, 0.5) is 4.79 Å². The molecule has 0 heterocycles. The highest BCUT2D eigenvalue weighted by Gasteiger charge is 2.41. The number of carbonyl (C=O) groups is 2. The summed E-state index contributed by atoms with van der Waals surface area (Å²) in [6.45, 7) is 12.1. The monoisotopic (exact) mass is 400 g/mol. The van der Waals surface area contributed by atoms with Gasteiger partial charge in [-0.1, -0.05) is 45.0 Å². The number of alkyl carbamates (subject to hydrolysis) is 1. The highest BCUT2D eigenvalue weighted by Crippen LogP contribution is 2.40. The summed E-state index contributed by atoms with van der Waals surface area (Å²) in [6.07, 6.45) is 2.77. The largest absolute Gasteiger partial charge is 0.444 e. The van der Waals surface area contributed by atoms with Crippen LogP contribution < -0.4 is 5.32 Å². The number of Topliss-reactive ketones (excluding diaryl/α,β-unsaturated/α-hetero) is 1. The number of ketones is 1. The lowest BCUT2D eigenvalue weighted by Gasteiger charge is -2.40. The third-order valence-electron chi connectivity index (χ3n) is 5.06. The third kappa shape index (κ3) is 6.09. The minimum Gasteiger partial charge on any atom is -0.444 e. The molecule has 0 bridgehead atoms. The number of ether oxygens (including phenoxy) is 1. The maximum Gasteiger partial charge on any atom is 0.408 e. The Bertz CT molecular complexity index is 797. The van der Waals surface area contributed by atoms with Crippen molar-refractivity contribution in [3.63, 3.8) is 0 Å². The lowest BCUT2D eigenvalue weighted by Crippen LogP contribution is -2.50. The van der Waals surface area contributed by atoms with E-state index in [1.54, 1.807) is 0 Å². The zero-order valence-corrected chi connectivity index (χ0v) is 19.2. The van der Waals surface area contributed by atoms with E-state index < -0.39 is 17.2 Å². The second-order valence-corrected chi connectivity index (χ2v) is 10.3. The number of benzene rings is 1. The molecule has 1 aromatic carbocycles. The summed E-state index contributed by atoms with van der Waals surface area (Å²) < 4.78 is 5.56. The SMILES string of the molecule is CN(C)C=C1CC(NC(=O)OC(C)(C)C)(c2cccc(C(C)(C)C)c2)CCC1=O. The van der Waals surface area contributed by atoms with Gasteiger partial charge in [0, 0.05) is 38.7 Å². The smallest absolute Gasteiger partial charge is 0.408 e. The summed E-state index contributed by atoms with van der Waals surface area (Å²) in [5.74, 6) is 0.132. The van der Waals surface area contributed by atoms with Gasteiger partial charge in [-0.3, -0.25) is 4.79 Å². The Morgan fingerprint density at radius 1 is 1.17 bits per heavy atom. The number of rotatable bonds is 3. The lowest BCUT2D eigenvalue weighted by molar-refractivity contribution is -0.117. The minimum absolute atomic E-state index is 0.0179. The average Bonchev–Trinajstić information content (AvgIpc) is 2.55. The van der Waals surface area contributed by atoms with Crippen molar-refractivity contribution in [2.24, 2.45) is 0 Å². The van der Waals surface area contributed by atoms with E-state index in [9.17, 15) is 9.59 Å². The van der Waals surface area contributed by atoms with Crippen LogP contribution in [0.2, 0.25) is 0 Å². The summed E-state index contributed by atoms with van der Waals surface area (Å²) in [4.78, 5) is 27.2. The predicted octanol–water partition coefficient (Wildman–Crippen LogP) is 4.90. The number of hydrogen-bond acceptors (Lipinski definition) is 4. The van der Waals surface area contributed by atoms with Crippen molar-refractivity contribution in [2.75, 3.05) is 14.1 Å². The number of hydrogen-bond donors (Lipinski definition) is 1. The molecule has 1 saturated carbocycles. The van der Waals surface area contributed by atoms with Gasteiger partial charge in [0.2, 0.25) is 0 Å². The summed E-state index contributed by atoms with van der Waals surface area (Å²) in [7, 11) is 3.80. The van der Waals surface area contributed by atoms with Gasteiger partial charge < -0.3 is 15.0 Å². The summed E-state index contributed by atoms with van der Waals surface area (Å²) in [5, 5.41) is 3.13. The van der Waals surface area contributed by atoms with Gasteiger partial charge in [0.15, 0.2) is 5.78 Å². The van der Waals surface area contributed by atoms with Crippen LogP contribution in [0.25, 0.3) is 0 Å². The standard InChI is InChI=1S/C24H36N2O3/c1-22(2,3)18-10-9-11-19(14-18)24(25-21(28)29-23(4,5)6)13-12-20(27)17(15-24)16-26(7)8/h9-11,14,16H,12-13,15H2,1-8H3,(H,25,28). The number of nitrogens with zero attached hydrogens (tertiary/aromatic N) is 1. The van der Waals surface area contributed by atoms with Crippen molar-refractivity contribution < 1.29 is 14.3 Å². The topological polar surface area (TPSA) is 58.6 Å². The Hall–Kier alpha value is -2.30. The number of amides is 1. The molecule has 1 aromatic rings. The van der Waals surface area contributed by atoms with Crippen molar-refractivity contribution in [1.82, 2.24) is 10.2 Å². The van der Waals surface area contributed by atoms with Crippen LogP contribution in [0.3, 0.4) is 0 Å². The van der Waals surface area contributed by atoms with Crippen LogP contribution in [0.5, 0.6) is 0 Å². The van der Waals surface area contributed by atoms with E-state index in [0.29, 0.717) is 19.3 Å². The molecule has 0 saturated heterocycles. The van der Waals surface area contributed by atoms with Gasteiger partial charge in [-0.25, -0.2) is 4.79 Å². The van der Waals surface area contributed by atoms with Gasteiger partial charge in [0.25, 0.3) is 0 Å². The van der Waals surface area contributed by atoms with Crippen LogP contribution in [-0.4, -0.2) is 36.5 Å². The van der Waals surface area contributed by atoms with Crippen LogP contribution in [0.1, 0.15) is 71.9 Å². The molecule has 0 aliphatic heterocycles. The Morgan fingerprint density at radius 3 is 2.38 bits per heavy atom. The highest BCUT2D eigenvalue weighted by molar-refractivity contribution is 5.96. The van der Waals surface area contributed by atoms with Gasteiger partial charge in [0.05, 0.1) is 5.54 Å². The van der Waals surface area contributed by atoms with Crippen LogP contribution in [0, 0.1) is 0 Å². The Morgan fingerprint density at radius 2 is 1.83 bits per heavy atom.